The molecule has 1 N–H and O–H groups in total. The second kappa shape index (κ2) is 9.31. The molecule has 6 nitrogen and oxygen atoms in total. The molecule has 0 saturated heterocycles. The summed E-state index contributed by atoms with van der Waals surface area (Å²) in [6.45, 7) is 9.44. The van der Waals surface area contributed by atoms with Crippen molar-refractivity contribution in [1.82, 2.24) is 5.32 Å². The van der Waals surface area contributed by atoms with Crippen molar-refractivity contribution in [3.8, 4) is 5.75 Å². The smallest absolute Gasteiger partial charge is 0.243 e. The Morgan fingerprint density at radius 3 is 2.21 bits per heavy atom. The Bertz CT molecular complexity index is 952. The molecule has 158 valence electrons. The Morgan fingerprint density at radius 2 is 1.66 bits per heavy atom. The molecule has 0 aliphatic heterocycles. The van der Waals surface area contributed by atoms with E-state index in [0.29, 0.717) is 5.69 Å². The van der Waals surface area contributed by atoms with Crippen LogP contribution in [-0.4, -0.2) is 39.3 Å². The maximum absolute atomic E-state index is 12.8. The molecule has 1 amide bonds. The molecule has 2 atom stereocenters. The van der Waals surface area contributed by atoms with Crippen LogP contribution in [0, 0.1) is 20.8 Å². The van der Waals surface area contributed by atoms with Crippen LogP contribution in [-0.2, 0) is 14.8 Å². The first-order valence-electron chi connectivity index (χ1n) is 9.55. The predicted octanol–water partition coefficient (Wildman–Crippen LogP) is 3.35. The number of nitrogens with one attached hydrogen (secondary N) is 1. The first-order chi connectivity index (χ1) is 13.5. The maximum Gasteiger partial charge on any atom is 0.243 e. The molecule has 0 aliphatic rings. The van der Waals surface area contributed by atoms with Gasteiger partial charge in [-0.25, -0.2) is 8.42 Å². The monoisotopic (exact) mass is 418 g/mol. The van der Waals surface area contributed by atoms with Gasteiger partial charge in [0.15, 0.2) is 0 Å². The Balaban J connectivity index is 2.11. The average molecular weight is 419 g/mol. The van der Waals surface area contributed by atoms with E-state index in [9.17, 15) is 13.2 Å². The topological polar surface area (TPSA) is 75.7 Å². The molecule has 0 aliphatic carbocycles. The van der Waals surface area contributed by atoms with Crippen molar-refractivity contribution >= 4 is 21.6 Å². The third-order valence-electron chi connectivity index (χ3n) is 4.52. The van der Waals surface area contributed by atoms with Gasteiger partial charge >= 0.3 is 0 Å². The fraction of sp³-hybridized carbons (Fsp3) is 0.409. The third kappa shape index (κ3) is 6.22. The van der Waals surface area contributed by atoms with Gasteiger partial charge in [-0.15, -0.1) is 0 Å². The summed E-state index contributed by atoms with van der Waals surface area (Å²) >= 11 is 0. The first-order valence-corrected chi connectivity index (χ1v) is 11.4. The number of para-hydroxylation sites is 1. The molecular weight excluding hydrogens is 388 g/mol. The minimum Gasteiger partial charge on any atom is -0.491 e. The van der Waals surface area contributed by atoms with Gasteiger partial charge in [0, 0.05) is 0 Å². The van der Waals surface area contributed by atoms with Crippen molar-refractivity contribution in [2.75, 3.05) is 17.2 Å². The van der Waals surface area contributed by atoms with Gasteiger partial charge in [-0.3, -0.25) is 9.10 Å². The van der Waals surface area contributed by atoms with Gasteiger partial charge in [-0.1, -0.05) is 24.3 Å². The number of sulfonamides is 1. The zero-order valence-corrected chi connectivity index (χ0v) is 18.7. The normalized spacial score (nSPS) is 13.4. The van der Waals surface area contributed by atoms with E-state index in [2.05, 4.69) is 5.32 Å². The van der Waals surface area contributed by atoms with E-state index >= 15 is 0 Å². The van der Waals surface area contributed by atoms with E-state index in [0.717, 1.165) is 33.0 Å². The number of nitrogens with zero attached hydrogens (tertiary/aromatic N) is 1. The molecule has 2 aromatic carbocycles. The van der Waals surface area contributed by atoms with Gasteiger partial charge in [0.05, 0.1) is 18.0 Å². The molecule has 0 saturated carbocycles. The molecule has 2 aromatic rings. The summed E-state index contributed by atoms with van der Waals surface area (Å²) in [7, 11) is -3.65. The van der Waals surface area contributed by atoms with Gasteiger partial charge < -0.3 is 10.1 Å². The first kappa shape index (κ1) is 22.7. The standard InChI is InChI=1S/C22H30N2O4S/c1-15-11-16(2)13-20(12-15)24(29(6,26)27)19(5)22(25)23-18(4)14-28-21-10-8-7-9-17(21)3/h7-13,18-19H,14H2,1-6H3,(H,23,25). The SMILES string of the molecule is Cc1cc(C)cc(N(C(C)C(=O)NC(C)COc2ccccc2C)S(C)(=O)=O)c1. The van der Waals surface area contributed by atoms with Gasteiger partial charge in [0.1, 0.15) is 18.4 Å². The molecule has 29 heavy (non-hydrogen) atoms. The highest BCUT2D eigenvalue weighted by molar-refractivity contribution is 7.92. The molecule has 0 fully saturated rings. The summed E-state index contributed by atoms with van der Waals surface area (Å²) in [4.78, 5) is 12.8. The van der Waals surface area contributed by atoms with Crippen LogP contribution >= 0.6 is 0 Å². The van der Waals surface area contributed by atoms with E-state index in [1.807, 2.05) is 58.0 Å². The average Bonchev–Trinajstić information content (AvgIpc) is 2.59. The lowest BCUT2D eigenvalue weighted by Crippen LogP contribution is -2.50. The predicted molar refractivity (Wildman–Crippen MR) is 117 cm³/mol. The fourth-order valence-electron chi connectivity index (χ4n) is 3.22. The molecule has 0 radical (unpaired) electrons. The summed E-state index contributed by atoms with van der Waals surface area (Å²) in [5.74, 6) is 0.380. The van der Waals surface area contributed by atoms with E-state index in [4.69, 9.17) is 4.74 Å². The molecule has 0 aromatic heterocycles. The van der Waals surface area contributed by atoms with Crippen LogP contribution in [0.1, 0.15) is 30.5 Å². The number of rotatable bonds is 8. The van der Waals surface area contributed by atoms with Crippen LogP contribution in [0.5, 0.6) is 5.75 Å². The zero-order chi connectivity index (χ0) is 21.8. The number of anilines is 1. The van der Waals surface area contributed by atoms with E-state index < -0.39 is 16.1 Å². The number of aryl methyl sites for hydroxylation is 3. The van der Waals surface area contributed by atoms with E-state index in [1.54, 1.807) is 19.1 Å². The van der Waals surface area contributed by atoms with Gasteiger partial charge in [-0.05, 0) is 69.5 Å². The van der Waals surface area contributed by atoms with Crippen molar-refractivity contribution in [3.05, 3.63) is 59.2 Å². The maximum atomic E-state index is 12.8. The molecule has 7 heteroatoms. The zero-order valence-electron chi connectivity index (χ0n) is 17.9. The van der Waals surface area contributed by atoms with Gasteiger partial charge in [0.25, 0.3) is 0 Å². The molecule has 0 bridgehead atoms. The molecule has 2 unspecified atom stereocenters. The highest BCUT2D eigenvalue weighted by Gasteiger charge is 2.30. The lowest BCUT2D eigenvalue weighted by Gasteiger charge is -2.29. The van der Waals surface area contributed by atoms with Crippen LogP contribution in [0.2, 0.25) is 0 Å². The van der Waals surface area contributed by atoms with Crippen molar-refractivity contribution in [2.24, 2.45) is 0 Å². The number of hydrogen-bond acceptors (Lipinski definition) is 4. The van der Waals surface area contributed by atoms with E-state index in [-0.39, 0.29) is 18.6 Å². The van der Waals surface area contributed by atoms with Crippen LogP contribution in [0.3, 0.4) is 0 Å². The number of carbonyl (C=O) groups excluding carboxylic acids is 1. The van der Waals surface area contributed by atoms with Gasteiger partial charge in [0.2, 0.25) is 15.9 Å². The number of benzene rings is 2. The van der Waals surface area contributed by atoms with Crippen LogP contribution in [0.15, 0.2) is 42.5 Å². The largest absolute Gasteiger partial charge is 0.491 e. The summed E-state index contributed by atoms with van der Waals surface area (Å²) in [6, 6.07) is 12.0. The highest BCUT2D eigenvalue weighted by atomic mass is 32.2. The van der Waals surface area contributed by atoms with Crippen LogP contribution in [0.4, 0.5) is 5.69 Å². The molecule has 0 spiro atoms. The van der Waals surface area contributed by atoms with Crippen LogP contribution in [0.25, 0.3) is 0 Å². The minimum atomic E-state index is -3.65. The molecule has 2 rings (SSSR count). The fourth-order valence-corrected chi connectivity index (χ4v) is 4.38. The Labute approximate surface area is 173 Å². The molecule has 0 heterocycles. The lowest BCUT2D eigenvalue weighted by molar-refractivity contribution is -0.122. The lowest BCUT2D eigenvalue weighted by atomic mass is 10.1. The highest BCUT2D eigenvalue weighted by Crippen LogP contribution is 2.24. The quantitative estimate of drug-likeness (QED) is 0.713. The minimum absolute atomic E-state index is 0.283. The number of carbonyl (C=O) groups is 1. The summed E-state index contributed by atoms with van der Waals surface area (Å²) in [5, 5.41) is 2.85. The van der Waals surface area contributed by atoms with Gasteiger partial charge in [-0.2, -0.15) is 0 Å². The number of hydrogen-bond donors (Lipinski definition) is 1. The summed E-state index contributed by atoms with van der Waals surface area (Å²) < 4.78 is 31.9. The molecular formula is C22H30N2O4S. The number of amides is 1. The van der Waals surface area contributed by atoms with Crippen molar-refractivity contribution < 1.29 is 17.9 Å². The summed E-state index contributed by atoms with van der Waals surface area (Å²) in [5.41, 5.74) is 3.36. The second-order valence-corrected chi connectivity index (χ2v) is 9.43. The van der Waals surface area contributed by atoms with Crippen molar-refractivity contribution in [3.63, 3.8) is 0 Å². The van der Waals surface area contributed by atoms with E-state index in [1.165, 1.54) is 0 Å². The Kier molecular flexibility index (Phi) is 7.30. The second-order valence-electron chi connectivity index (χ2n) is 7.57. The van der Waals surface area contributed by atoms with Crippen molar-refractivity contribution in [1.29, 1.82) is 0 Å². The van der Waals surface area contributed by atoms with Crippen LogP contribution < -0.4 is 14.4 Å². The summed E-state index contributed by atoms with van der Waals surface area (Å²) in [6.07, 6.45) is 1.11. The third-order valence-corrected chi connectivity index (χ3v) is 5.76. The van der Waals surface area contributed by atoms with Crippen molar-refractivity contribution in [2.45, 2.75) is 46.7 Å². The Hall–Kier alpha value is -2.54. The number of ether oxygens (including phenoxy) is 1. The Morgan fingerprint density at radius 1 is 1.07 bits per heavy atom.